The van der Waals surface area contributed by atoms with Crippen molar-refractivity contribution in [2.75, 3.05) is 43.9 Å². The first-order chi connectivity index (χ1) is 29.7. The van der Waals surface area contributed by atoms with Crippen LogP contribution in [-0.2, 0) is 45.1 Å². The summed E-state index contributed by atoms with van der Waals surface area (Å²) in [7, 11) is -4.39. The number of nitrogens with one attached hydrogen (secondary N) is 7. The lowest BCUT2D eigenvalue weighted by Crippen LogP contribution is -2.49. The first-order valence-electron chi connectivity index (χ1n) is 19.6. The van der Waals surface area contributed by atoms with Crippen LogP contribution in [0.1, 0.15) is 60.5 Å². The number of aromatic amines is 1. The van der Waals surface area contributed by atoms with E-state index >= 15 is 0 Å². The number of carbonyl (C=O) groups is 5. The zero-order valence-corrected chi connectivity index (χ0v) is 36.0. The van der Waals surface area contributed by atoms with Crippen molar-refractivity contribution in [3.05, 3.63) is 65.6 Å². The minimum Gasteiger partial charge on any atom is -0.494 e. The van der Waals surface area contributed by atoms with Crippen molar-refractivity contribution in [3.63, 3.8) is 0 Å². The largest absolute Gasteiger partial charge is 0.494 e. The quantitative estimate of drug-likeness (QED) is 0.0170. The fourth-order valence-corrected chi connectivity index (χ4v) is 8.27. The van der Waals surface area contributed by atoms with Gasteiger partial charge in [-0.25, -0.2) is 18.7 Å². The van der Waals surface area contributed by atoms with Crippen LogP contribution in [0.2, 0.25) is 0 Å². The molecule has 0 unspecified atom stereocenters. The monoisotopic (exact) mass is 904 g/mol. The molecule has 0 aliphatic rings. The molecular formula is C38H52N10O12S2. The number of imidazole rings is 1. The molecule has 2 heterocycles. The van der Waals surface area contributed by atoms with E-state index in [2.05, 4.69) is 55.7 Å². The highest BCUT2D eigenvalue weighted by Crippen LogP contribution is 2.26. The Labute approximate surface area is 361 Å². The zero-order valence-electron chi connectivity index (χ0n) is 34.4. The SMILES string of the molecule is CCCC(=O)N[C@@H](CSOOO)C(=O)NCCNC(=O)CCCOc1cc(C)c(S(=O)(=O)N[C@@H](CNC(=O)c2ccc3c(cnn3CCCNc3ncc[nH]3)c2)C(=O)O)c(C)c1. The van der Waals surface area contributed by atoms with Crippen LogP contribution in [0.3, 0.4) is 0 Å². The Morgan fingerprint density at radius 1 is 0.952 bits per heavy atom. The average molecular weight is 905 g/mol. The standard InChI is InChI=1S/C38H52N10O12S2/c1-4-7-33(50)46-30(23-61-60-59-55)36(52)40-13-12-39-32(49)8-5-17-58-28-18-24(2)34(25(3)19-28)62(56,57)47-29(37(53)54)22-44-35(51)26-9-10-31-27(20-26)21-45-48(31)16-6-11-41-38-42-14-15-43-38/h9-10,14-15,18-21,29-30,47,55H,4-8,11-13,16-17,22-23H2,1-3H3,(H,39,49)(H,40,52)(H,44,51)(H,46,50)(H,53,54)(H2,41,42,43)/t29-,30-/m0/s1. The summed E-state index contributed by atoms with van der Waals surface area (Å²) in [6.07, 6.45) is 6.96. The van der Waals surface area contributed by atoms with Crippen LogP contribution < -0.4 is 36.0 Å². The minimum atomic E-state index is -4.39. The predicted molar refractivity (Wildman–Crippen MR) is 226 cm³/mol. The molecule has 338 valence electrons. The molecule has 4 rings (SSSR count). The molecule has 9 N–H and O–H groups in total. The van der Waals surface area contributed by atoms with Crippen molar-refractivity contribution in [2.45, 2.75) is 76.4 Å². The van der Waals surface area contributed by atoms with Crippen molar-refractivity contribution in [1.82, 2.24) is 45.7 Å². The van der Waals surface area contributed by atoms with Gasteiger partial charge in [0.1, 0.15) is 17.8 Å². The number of fused-ring (bicyclic) bond motifs is 1. The van der Waals surface area contributed by atoms with Crippen LogP contribution >= 0.6 is 12.0 Å². The smallest absolute Gasteiger partial charge is 0.323 e. The molecular weight excluding hydrogens is 853 g/mol. The third kappa shape index (κ3) is 15.3. The van der Waals surface area contributed by atoms with Crippen molar-refractivity contribution >= 4 is 68.5 Å². The number of carboxylic acid groups (broad SMARTS) is 1. The lowest BCUT2D eigenvalue weighted by Gasteiger charge is -2.19. The van der Waals surface area contributed by atoms with Gasteiger partial charge in [-0.1, -0.05) is 12.0 Å². The summed E-state index contributed by atoms with van der Waals surface area (Å²) in [6, 6.07) is 5.25. The molecule has 0 saturated carbocycles. The fraction of sp³-hybridized carbons (Fsp3) is 0.447. The maximum absolute atomic E-state index is 13.5. The van der Waals surface area contributed by atoms with Gasteiger partial charge >= 0.3 is 5.97 Å². The van der Waals surface area contributed by atoms with Crippen LogP contribution in [0.4, 0.5) is 5.95 Å². The van der Waals surface area contributed by atoms with Gasteiger partial charge in [-0.15, -0.1) is 4.33 Å². The lowest BCUT2D eigenvalue weighted by atomic mass is 10.1. The van der Waals surface area contributed by atoms with Gasteiger partial charge in [-0.3, -0.25) is 28.7 Å². The van der Waals surface area contributed by atoms with Crippen molar-refractivity contribution < 1.29 is 56.9 Å². The highest BCUT2D eigenvalue weighted by atomic mass is 32.2. The molecule has 0 fully saturated rings. The maximum atomic E-state index is 13.5. The number of anilines is 1. The molecule has 2 aromatic heterocycles. The highest BCUT2D eigenvalue weighted by Gasteiger charge is 2.29. The normalized spacial score (nSPS) is 12.3. The van der Waals surface area contributed by atoms with Gasteiger partial charge in [-0.05, 0) is 74.6 Å². The first kappa shape index (κ1) is 48.9. The van der Waals surface area contributed by atoms with Crippen LogP contribution in [0.15, 0.2) is 53.8 Å². The molecule has 0 radical (unpaired) electrons. The molecule has 0 spiro atoms. The number of nitrogens with zero attached hydrogens (tertiary/aromatic N) is 3. The molecule has 0 aliphatic heterocycles. The molecule has 2 atom stereocenters. The van der Waals surface area contributed by atoms with Crippen LogP contribution in [0.5, 0.6) is 5.75 Å². The summed E-state index contributed by atoms with van der Waals surface area (Å²) in [5.74, 6) is -2.28. The number of aliphatic carboxylic acids is 1. The summed E-state index contributed by atoms with van der Waals surface area (Å²) in [5.41, 5.74) is 1.61. The Morgan fingerprint density at radius 3 is 2.40 bits per heavy atom. The van der Waals surface area contributed by atoms with E-state index in [1.807, 2.05) is 11.6 Å². The van der Waals surface area contributed by atoms with Crippen LogP contribution in [0, 0.1) is 13.8 Å². The Balaban J connectivity index is 1.21. The average Bonchev–Trinajstić information content (AvgIpc) is 3.90. The molecule has 4 aromatic rings. The summed E-state index contributed by atoms with van der Waals surface area (Å²) >= 11 is 0.619. The van der Waals surface area contributed by atoms with Gasteiger partial charge in [0.25, 0.3) is 5.91 Å². The maximum Gasteiger partial charge on any atom is 0.323 e. The number of aromatic nitrogens is 4. The number of amides is 4. The van der Waals surface area contributed by atoms with E-state index in [-0.39, 0.29) is 71.7 Å². The predicted octanol–water partition coefficient (Wildman–Crippen LogP) is 1.79. The highest BCUT2D eigenvalue weighted by molar-refractivity contribution is 7.94. The molecule has 24 heteroatoms. The minimum absolute atomic E-state index is 0.0442. The van der Waals surface area contributed by atoms with E-state index in [1.54, 1.807) is 36.8 Å². The summed E-state index contributed by atoms with van der Waals surface area (Å²) in [4.78, 5) is 69.0. The number of benzene rings is 2. The van der Waals surface area contributed by atoms with E-state index in [9.17, 15) is 37.5 Å². The van der Waals surface area contributed by atoms with E-state index in [1.165, 1.54) is 26.0 Å². The van der Waals surface area contributed by atoms with Crippen LogP contribution in [-0.4, -0.2) is 119 Å². The number of aryl methyl sites for hydroxylation is 3. The van der Waals surface area contributed by atoms with Gasteiger partial charge in [0.15, 0.2) is 5.95 Å². The number of rotatable bonds is 28. The third-order valence-electron chi connectivity index (χ3n) is 9.01. The molecule has 22 nitrogen and oxygen atoms in total. The van der Waals surface area contributed by atoms with Gasteiger partial charge in [-0.2, -0.15) is 9.82 Å². The fourth-order valence-electron chi connectivity index (χ4n) is 6.16. The van der Waals surface area contributed by atoms with E-state index in [0.29, 0.717) is 55.1 Å². The topological polar surface area (TPSA) is 306 Å². The molecule has 2 aromatic carbocycles. The Bertz CT molecular complexity index is 2220. The second kappa shape index (κ2) is 24.6. The van der Waals surface area contributed by atoms with Gasteiger partial charge in [0, 0.05) is 81.0 Å². The molecule has 0 aliphatic carbocycles. The number of carbonyl (C=O) groups excluding carboxylic acids is 4. The second-order valence-electron chi connectivity index (χ2n) is 13.9. The second-order valence-corrected chi connectivity index (χ2v) is 16.2. The summed E-state index contributed by atoms with van der Waals surface area (Å²) < 4.78 is 41.1. The molecule has 4 amide bonds. The van der Waals surface area contributed by atoms with E-state index in [0.717, 1.165) is 11.9 Å². The number of hydrogen-bond donors (Lipinski definition) is 9. The van der Waals surface area contributed by atoms with Gasteiger partial charge < -0.3 is 41.4 Å². The molecule has 0 bridgehead atoms. The van der Waals surface area contributed by atoms with Gasteiger partial charge in [0.05, 0.1) is 29.0 Å². The Morgan fingerprint density at radius 2 is 1.71 bits per heavy atom. The number of sulfonamides is 1. The number of carboxylic acids is 1. The Kier molecular flexibility index (Phi) is 19.4. The van der Waals surface area contributed by atoms with E-state index in [4.69, 9.17) is 9.99 Å². The Hall–Kier alpha value is -5.79. The zero-order chi connectivity index (χ0) is 45.1. The molecule has 0 saturated heterocycles. The van der Waals surface area contributed by atoms with Crippen molar-refractivity contribution in [2.24, 2.45) is 0 Å². The summed E-state index contributed by atoms with van der Waals surface area (Å²) in [6.45, 7) is 5.92. The summed E-state index contributed by atoms with van der Waals surface area (Å²) in [5, 5.41) is 40.3. The number of ether oxygens (including phenoxy) is 1. The van der Waals surface area contributed by atoms with Crippen molar-refractivity contribution in [3.8, 4) is 5.75 Å². The van der Waals surface area contributed by atoms with E-state index < -0.39 is 46.4 Å². The van der Waals surface area contributed by atoms with Crippen LogP contribution in [0.25, 0.3) is 10.9 Å². The number of H-pyrrole nitrogens is 1. The third-order valence-corrected chi connectivity index (χ3v) is 11.4. The number of hydrogen-bond acceptors (Lipinski definition) is 15. The first-order valence-corrected chi connectivity index (χ1v) is 22.0. The van der Waals surface area contributed by atoms with Crippen molar-refractivity contribution in [1.29, 1.82) is 0 Å². The lowest BCUT2D eigenvalue weighted by molar-refractivity contribution is -0.432. The molecule has 62 heavy (non-hydrogen) atoms. The van der Waals surface area contributed by atoms with Gasteiger partial charge in [0.2, 0.25) is 27.7 Å².